The number of rotatable bonds is 8. The maximum atomic E-state index is 13.1. The zero-order valence-electron chi connectivity index (χ0n) is 18.6. The van der Waals surface area contributed by atoms with Gasteiger partial charge in [-0.15, -0.1) is 0 Å². The molecule has 0 N–H and O–H groups in total. The Bertz CT molecular complexity index is 1170. The topological polar surface area (TPSA) is 38.8 Å². The van der Waals surface area contributed by atoms with E-state index in [9.17, 15) is 4.79 Å². The number of methoxy groups -OCH3 is 1. The first kappa shape index (κ1) is 23.1. The Morgan fingerprint density at radius 1 is 0.970 bits per heavy atom. The van der Waals surface area contributed by atoms with Crippen molar-refractivity contribution in [3.05, 3.63) is 100.0 Å². The van der Waals surface area contributed by atoms with Gasteiger partial charge in [0.15, 0.2) is 0 Å². The van der Waals surface area contributed by atoms with Crippen LogP contribution in [0.3, 0.4) is 0 Å². The number of hydrogen-bond acceptors (Lipinski definition) is 5. The van der Waals surface area contributed by atoms with Crippen molar-refractivity contribution < 1.29 is 14.3 Å². The molecule has 4 nitrogen and oxygen atoms in total. The number of thiocarbonyl (C=S) groups is 1. The number of thioether (sulfide) groups is 1. The first-order valence-electron chi connectivity index (χ1n) is 10.7. The molecule has 0 spiro atoms. The number of hydrogen-bond donors (Lipinski definition) is 0. The van der Waals surface area contributed by atoms with Gasteiger partial charge in [-0.3, -0.25) is 9.69 Å². The Morgan fingerprint density at radius 3 is 2.39 bits per heavy atom. The van der Waals surface area contributed by atoms with Gasteiger partial charge in [0.2, 0.25) is 0 Å². The molecule has 1 aliphatic rings. The number of para-hydroxylation sites is 1. The van der Waals surface area contributed by atoms with E-state index in [1.165, 1.54) is 17.3 Å². The lowest BCUT2D eigenvalue weighted by Gasteiger charge is -2.14. The number of carbonyl (C=O) groups is 1. The van der Waals surface area contributed by atoms with Gasteiger partial charge in [-0.05, 0) is 48.7 Å². The molecule has 0 atom stereocenters. The SMILES string of the molecule is COc1ccc(CCN2C(=O)C(=Cc3ccccc3OCc3ccc(C)cc3)SC2=S)cc1. The first-order chi connectivity index (χ1) is 16.0. The van der Waals surface area contributed by atoms with Gasteiger partial charge >= 0.3 is 0 Å². The second-order valence-electron chi connectivity index (χ2n) is 7.74. The number of aryl methyl sites for hydroxylation is 1. The molecule has 1 aliphatic heterocycles. The largest absolute Gasteiger partial charge is 0.497 e. The minimum Gasteiger partial charge on any atom is -0.497 e. The highest BCUT2D eigenvalue weighted by atomic mass is 32.2. The van der Waals surface area contributed by atoms with Crippen LogP contribution in [0.25, 0.3) is 6.08 Å². The number of nitrogens with zero attached hydrogens (tertiary/aromatic N) is 1. The number of ether oxygens (including phenoxy) is 2. The van der Waals surface area contributed by atoms with E-state index in [1.807, 2.05) is 54.6 Å². The molecule has 0 aromatic heterocycles. The zero-order chi connectivity index (χ0) is 23.2. The fraction of sp³-hybridized carbons (Fsp3) is 0.185. The Labute approximate surface area is 204 Å². The van der Waals surface area contributed by atoms with Crippen molar-refractivity contribution in [1.82, 2.24) is 4.90 Å². The smallest absolute Gasteiger partial charge is 0.266 e. The van der Waals surface area contributed by atoms with E-state index in [4.69, 9.17) is 21.7 Å². The molecule has 1 saturated heterocycles. The average Bonchev–Trinajstić information content (AvgIpc) is 3.10. The van der Waals surface area contributed by atoms with Gasteiger partial charge in [-0.1, -0.05) is 84.1 Å². The highest BCUT2D eigenvalue weighted by Crippen LogP contribution is 2.34. The Balaban J connectivity index is 1.43. The van der Waals surface area contributed by atoms with Gasteiger partial charge in [0.1, 0.15) is 22.4 Å². The third-order valence-electron chi connectivity index (χ3n) is 5.38. The summed E-state index contributed by atoms with van der Waals surface area (Å²) in [4.78, 5) is 15.3. The monoisotopic (exact) mass is 475 g/mol. The van der Waals surface area contributed by atoms with Crippen LogP contribution in [0.2, 0.25) is 0 Å². The molecule has 1 heterocycles. The molecule has 3 aromatic carbocycles. The van der Waals surface area contributed by atoms with Crippen LogP contribution < -0.4 is 9.47 Å². The molecule has 33 heavy (non-hydrogen) atoms. The standard InChI is InChI=1S/C27H25NO3S2/c1-19-7-9-21(10-8-19)18-31-24-6-4-3-5-22(24)17-25-26(29)28(27(32)33-25)16-15-20-11-13-23(30-2)14-12-20/h3-14,17H,15-16,18H2,1-2H3. The van der Waals surface area contributed by atoms with Crippen molar-refractivity contribution in [1.29, 1.82) is 0 Å². The molecule has 6 heteroatoms. The fourth-order valence-corrected chi connectivity index (χ4v) is 4.74. The zero-order valence-corrected chi connectivity index (χ0v) is 20.2. The predicted octanol–water partition coefficient (Wildman–Crippen LogP) is 6.03. The highest BCUT2D eigenvalue weighted by molar-refractivity contribution is 8.26. The third-order valence-corrected chi connectivity index (χ3v) is 6.76. The second-order valence-corrected chi connectivity index (χ2v) is 9.42. The van der Waals surface area contributed by atoms with E-state index in [0.29, 0.717) is 22.4 Å². The summed E-state index contributed by atoms with van der Waals surface area (Å²) in [5.74, 6) is 1.49. The van der Waals surface area contributed by atoms with Crippen molar-refractivity contribution in [3.8, 4) is 11.5 Å². The molecular formula is C27H25NO3S2. The second kappa shape index (κ2) is 10.7. The van der Waals surface area contributed by atoms with Crippen molar-refractivity contribution in [2.45, 2.75) is 20.0 Å². The lowest BCUT2D eigenvalue weighted by molar-refractivity contribution is -0.122. The lowest BCUT2D eigenvalue weighted by atomic mass is 10.1. The van der Waals surface area contributed by atoms with Crippen LogP contribution >= 0.6 is 24.0 Å². The predicted molar refractivity (Wildman–Crippen MR) is 139 cm³/mol. The van der Waals surface area contributed by atoms with Crippen molar-refractivity contribution in [2.24, 2.45) is 0 Å². The van der Waals surface area contributed by atoms with Gasteiger partial charge in [-0.25, -0.2) is 0 Å². The summed E-state index contributed by atoms with van der Waals surface area (Å²) in [5, 5.41) is 0. The summed E-state index contributed by atoms with van der Waals surface area (Å²) >= 11 is 6.84. The molecule has 0 radical (unpaired) electrons. The fourth-order valence-electron chi connectivity index (χ4n) is 3.44. The molecule has 1 amide bonds. The van der Waals surface area contributed by atoms with Gasteiger partial charge in [-0.2, -0.15) is 0 Å². The minimum absolute atomic E-state index is 0.0631. The molecule has 0 aliphatic carbocycles. The van der Waals surface area contributed by atoms with E-state index >= 15 is 0 Å². The molecule has 1 fully saturated rings. The van der Waals surface area contributed by atoms with E-state index < -0.39 is 0 Å². The molecule has 3 aromatic rings. The van der Waals surface area contributed by atoms with Gasteiger partial charge in [0.25, 0.3) is 5.91 Å². The summed E-state index contributed by atoms with van der Waals surface area (Å²) in [6.07, 6.45) is 2.59. The quantitative estimate of drug-likeness (QED) is 0.294. The van der Waals surface area contributed by atoms with Gasteiger partial charge in [0.05, 0.1) is 12.0 Å². The van der Waals surface area contributed by atoms with Crippen LogP contribution in [0.4, 0.5) is 0 Å². The molecule has 4 rings (SSSR count). The van der Waals surface area contributed by atoms with Crippen molar-refractivity contribution >= 4 is 40.3 Å². The summed E-state index contributed by atoms with van der Waals surface area (Å²) in [7, 11) is 1.65. The Morgan fingerprint density at radius 2 is 1.67 bits per heavy atom. The summed E-state index contributed by atoms with van der Waals surface area (Å²) < 4.78 is 11.8. The van der Waals surface area contributed by atoms with Gasteiger partial charge in [0, 0.05) is 12.1 Å². The summed E-state index contributed by atoms with van der Waals surface area (Å²) in [5.41, 5.74) is 4.30. The number of amides is 1. The van der Waals surface area contributed by atoms with Crippen LogP contribution in [-0.2, 0) is 17.8 Å². The number of benzene rings is 3. The Hall–Kier alpha value is -3.09. The van der Waals surface area contributed by atoms with Crippen LogP contribution in [0.5, 0.6) is 11.5 Å². The number of carbonyl (C=O) groups excluding carboxylic acids is 1. The van der Waals surface area contributed by atoms with Crippen LogP contribution in [0.15, 0.2) is 77.7 Å². The molecule has 0 unspecified atom stereocenters. The van der Waals surface area contributed by atoms with Crippen LogP contribution in [-0.4, -0.2) is 28.8 Å². The normalized spacial score (nSPS) is 14.7. The maximum absolute atomic E-state index is 13.1. The minimum atomic E-state index is -0.0631. The van der Waals surface area contributed by atoms with Crippen molar-refractivity contribution in [3.63, 3.8) is 0 Å². The highest BCUT2D eigenvalue weighted by Gasteiger charge is 2.31. The maximum Gasteiger partial charge on any atom is 0.266 e. The van der Waals surface area contributed by atoms with Crippen LogP contribution in [0, 0.1) is 6.92 Å². The van der Waals surface area contributed by atoms with E-state index in [0.717, 1.165) is 34.6 Å². The average molecular weight is 476 g/mol. The summed E-state index contributed by atoms with van der Waals surface area (Å²) in [6, 6.07) is 23.9. The Kier molecular flexibility index (Phi) is 7.47. The van der Waals surface area contributed by atoms with E-state index in [2.05, 4.69) is 31.2 Å². The molecular weight excluding hydrogens is 450 g/mol. The lowest BCUT2D eigenvalue weighted by Crippen LogP contribution is -2.30. The van der Waals surface area contributed by atoms with Crippen LogP contribution in [0.1, 0.15) is 22.3 Å². The third kappa shape index (κ3) is 5.83. The molecule has 0 bridgehead atoms. The molecule has 0 saturated carbocycles. The first-order valence-corrected chi connectivity index (χ1v) is 11.9. The molecule has 168 valence electrons. The van der Waals surface area contributed by atoms with Crippen molar-refractivity contribution in [2.75, 3.05) is 13.7 Å². The van der Waals surface area contributed by atoms with E-state index in [1.54, 1.807) is 12.0 Å². The van der Waals surface area contributed by atoms with Gasteiger partial charge < -0.3 is 9.47 Å². The van der Waals surface area contributed by atoms with E-state index in [-0.39, 0.29) is 5.91 Å². The summed E-state index contributed by atoms with van der Waals surface area (Å²) in [6.45, 7) is 3.07.